The standard InChI is InChI=1S/C18H17N5O3/c1-11(24)2-3-12-4-5-14-15(8-12)23(16-6-7-20-17(19)22-16)18(21-14)26-13-9-25-10-13/h4-8,11,13,24H,9-10H2,1H3,(H2,19,20,22)/t11-/m1/s1. The van der Waals surface area contributed by atoms with E-state index in [1.54, 1.807) is 23.8 Å². The molecule has 0 saturated carbocycles. The van der Waals surface area contributed by atoms with Crippen LogP contribution < -0.4 is 10.5 Å². The molecular weight excluding hydrogens is 334 g/mol. The third kappa shape index (κ3) is 3.18. The first kappa shape index (κ1) is 16.3. The predicted octanol–water partition coefficient (Wildman–Crippen LogP) is 0.908. The van der Waals surface area contributed by atoms with Crippen LogP contribution >= 0.6 is 0 Å². The molecule has 4 rings (SSSR count). The first-order valence-corrected chi connectivity index (χ1v) is 8.15. The van der Waals surface area contributed by atoms with E-state index in [1.165, 1.54) is 0 Å². The predicted molar refractivity (Wildman–Crippen MR) is 94.9 cm³/mol. The van der Waals surface area contributed by atoms with Crippen molar-refractivity contribution in [1.82, 2.24) is 19.5 Å². The highest BCUT2D eigenvalue weighted by molar-refractivity contribution is 5.80. The fourth-order valence-corrected chi connectivity index (χ4v) is 2.54. The van der Waals surface area contributed by atoms with Crippen molar-refractivity contribution >= 4 is 17.0 Å². The van der Waals surface area contributed by atoms with Crippen LogP contribution in [0.3, 0.4) is 0 Å². The van der Waals surface area contributed by atoms with E-state index in [0.717, 1.165) is 16.6 Å². The van der Waals surface area contributed by atoms with E-state index >= 15 is 0 Å². The first-order chi connectivity index (χ1) is 12.6. The SMILES string of the molecule is C[C@@H](O)C#Cc1ccc2nc(OC3COC3)n(-c3ccnc(N)n3)c2c1. The molecular formula is C18H17N5O3. The minimum absolute atomic E-state index is 0.0424. The normalized spacial score (nSPS) is 15.2. The minimum Gasteiger partial charge on any atom is -0.456 e. The van der Waals surface area contributed by atoms with Gasteiger partial charge in [-0.1, -0.05) is 11.8 Å². The van der Waals surface area contributed by atoms with Crippen LogP contribution in [0.4, 0.5) is 5.95 Å². The van der Waals surface area contributed by atoms with Gasteiger partial charge in [-0.2, -0.15) is 9.97 Å². The number of benzene rings is 1. The quantitative estimate of drug-likeness (QED) is 0.675. The average molecular weight is 351 g/mol. The Bertz CT molecular complexity index is 1010. The number of imidazole rings is 1. The van der Waals surface area contributed by atoms with Gasteiger partial charge in [-0.3, -0.25) is 0 Å². The third-order valence-corrected chi connectivity index (χ3v) is 3.82. The van der Waals surface area contributed by atoms with Crippen LogP contribution in [-0.4, -0.2) is 50.0 Å². The van der Waals surface area contributed by atoms with Crippen LogP contribution in [0.25, 0.3) is 16.9 Å². The van der Waals surface area contributed by atoms with Crippen molar-refractivity contribution < 1.29 is 14.6 Å². The van der Waals surface area contributed by atoms with Gasteiger partial charge in [0, 0.05) is 17.8 Å². The largest absolute Gasteiger partial charge is 0.456 e. The highest BCUT2D eigenvalue weighted by Gasteiger charge is 2.24. The van der Waals surface area contributed by atoms with Crippen molar-refractivity contribution in [2.75, 3.05) is 18.9 Å². The summed E-state index contributed by atoms with van der Waals surface area (Å²) in [6, 6.07) is 7.72. The Balaban J connectivity index is 1.86. The van der Waals surface area contributed by atoms with Crippen molar-refractivity contribution in [3.63, 3.8) is 0 Å². The highest BCUT2D eigenvalue weighted by Crippen LogP contribution is 2.27. The molecule has 0 radical (unpaired) electrons. The fraction of sp³-hybridized carbons (Fsp3) is 0.278. The third-order valence-electron chi connectivity index (χ3n) is 3.82. The number of nitrogens with two attached hydrogens (primary N) is 1. The molecule has 0 bridgehead atoms. The van der Waals surface area contributed by atoms with Gasteiger partial charge in [0.15, 0.2) is 0 Å². The summed E-state index contributed by atoms with van der Waals surface area (Å²) in [4.78, 5) is 12.8. The number of rotatable bonds is 3. The molecule has 1 aliphatic rings. The van der Waals surface area contributed by atoms with Crippen LogP contribution in [0, 0.1) is 11.8 Å². The van der Waals surface area contributed by atoms with Gasteiger partial charge in [0.2, 0.25) is 5.95 Å². The van der Waals surface area contributed by atoms with E-state index in [4.69, 9.17) is 15.2 Å². The Hall–Kier alpha value is -3.15. The summed E-state index contributed by atoms with van der Waals surface area (Å²) < 4.78 is 12.9. The molecule has 3 N–H and O–H groups in total. The average Bonchev–Trinajstić information content (AvgIpc) is 2.93. The molecule has 0 unspecified atom stereocenters. The number of fused-ring (bicyclic) bond motifs is 1. The molecule has 26 heavy (non-hydrogen) atoms. The molecule has 8 nitrogen and oxygen atoms in total. The molecule has 1 saturated heterocycles. The number of nitrogens with zero attached hydrogens (tertiary/aromatic N) is 4. The lowest BCUT2D eigenvalue weighted by molar-refractivity contribution is -0.0835. The van der Waals surface area contributed by atoms with Gasteiger partial charge in [0.05, 0.1) is 24.2 Å². The second-order valence-electron chi connectivity index (χ2n) is 5.93. The summed E-state index contributed by atoms with van der Waals surface area (Å²) in [6.45, 7) is 2.67. The lowest BCUT2D eigenvalue weighted by Gasteiger charge is -2.26. The van der Waals surface area contributed by atoms with Gasteiger partial charge in [0.1, 0.15) is 18.0 Å². The number of aromatic nitrogens is 4. The first-order valence-electron chi connectivity index (χ1n) is 8.15. The highest BCUT2D eigenvalue weighted by atomic mass is 16.6. The van der Waals surface area contributed by atoms with Gasteiger partial charge in [-0.15, -0.1) is 0 Å². The van der Waals surface area contributed by atoms with Crippen LogP contribution in [0.2, 0.25) is 0 Å². The number of anilines is 1. The minimum atomic E-state index is -0.699. The lowest BCUT2D eigenvalue weighted by atomic mass is 10.2. The number of ether oxygens (including phenoxy) is 2. The molecule has 0 spiro atoms. The second-order valence-corrected chi connectivity index (χ2v) is 5.93. The van der Waals surface area contributed by atoms with Crippen molar-refractivity contribution in [2.24, 2.45) is 0 Å². The van der Waals surface area contributed by atoms with Gasteiger partial charge in [0.25, 0.3) is 0 Å². The summed E-state index contributed by atoms with van der Waals surface area (Å²) in [6.07, 6.45) is 0.839. The summed E-state index contributed by atoms with van der Waals surface area (Å²) in [5.41, 5.74) is 8.00. The molecule has 0 amide bonds. The Labute approximate surface area is 149 Å². The Morgan fingerprint density at radius 2 is 2.19 bits per heavy atom. The van der Waals surface area contributed by atoms with Crippen molar-refractivity contribution in [3.8, 4) is 23.7 Å². The Morgan fingerprint density at radius 3 is 2.88 bits per heavy atom. The zero-order valence-electron chi connectivity index (χ0n) is 14.1. The van der Waals surface area contributed by atoms with E-state index in [0.29, 0.717) is 25.0 Å². The number of aliphatic hydroxyl groups is 1. The molecule has 8 heteroatoms. The Kier molecular flexibility index (Phi) is 4.16. The molecule has 0 aliphatic carbocycles. The molecule has 2 aromatic heterocycles. The van der Waals surface area contributed by atoms with Crippen molar-refractivity contribution in [3.05, 3.63) is 36.0 Å². The topological polar surface area (TPSA) is 108 Å². The van der Waals surface area contributed by atoms with Crippen LogP contribution in [0.15, 0.2) is 30.5 Å². The maximum Gasteiger partial charge on any atom is 0.303 e. The van der Waals surface area contributed by atoms with E-state index in [9.17, 15) is 5.11 Å². The van der Waals surface area contributed by atoms with Crippen molar-refractivity contribution in [1.29, 1.82) is 0 Å². The monoisotopic (exact) mass is 351 g/mol. The number of nitrogen functional groups attached to an aromatic ring is 1. The van der Waals surface area contributed by atoms with E-state index in [-0.39, 0.29) is 12.1 Å². The summed E-state index contributed by atoms with van der Waals surface area (Å²) in [7, 11) is 0. The summed E-state index contributed by atoms with van der Waals surface area (Å²) in [5, 5.41) is 9.37. The molecule has 132 valence electrons. The van der Waals surface area contributed by atoms with E-state index in [2.05, 4.69) is 26.8 Å². The Morgan fingerprint density at radius 1 is 1.35 bits per heavy atom. The molecule has 1 fully saturated rings. The van der Waals surface area contributed by atoms with E-state index in [1.807, 2.05) is 18.2 Å². The van der Waals surface area contributed by atoms with Crippen molar-refractivity contribution in [2.45, 2.75) is 19.1 Å². The fourth-order valence-electron chi connectivity index (χ4n) is 2.54. The molecule has 1 aliphatic heterocycles. The zero-order valence-corrected chi connectivity index (χ0v) is 14.1. The van der Waals surface area contributed by atoms with Crippen LogP contribution in [0.1, 0.15) is 12.5 Å². The summed E-state index contributed by atoms with van der Waals surface area (Å²) in [5.74, 6) is 6.39. The second kappa shape index (κ2) is 6.63. The molecule has 1 aromatic carbocycles. The van der Waals surface area contributed by atoms with Crippen LogP contribution in [0.5, 0.6) is 6.01 Å². The van der Waals surface area contributed by atoms with Gasteiger partial charge in [-0.25, -0.2) is 9.55 Å². The van der Waals surface area contributed by atoms with Gasteiger partial charge in [-0.05, 0) is 25.1 Å². The van der Waals surface area contributed by atoms with E-state index < -0.39 is 6.10 Å². The van der Waals surface area contributed by atoms with Gasteiger partial charge >= 0.3 is 6.01 Å². The molecule has 3 aromatic rings. The number of hydrogen-bond donors (Lipinski definition) is 2. The van der Waals surface area contributed by atoms with Gasteiger partial charge < -0.3 is 20.3 Å². The maximum atomic E-state index is 9.37. The number of hydrogen-bond acceptors (Lipinski definition) is 7. The smallest absolute Gasteiger partial charge is 0.303 e. The maximum absolute atomic E-state index is 9.37. The molecule has 3 heterocycles. The zero-order chi connectivity index (χ0) is 18.1. The molecule has 1 atom stereocenters. The lowest BCUT2D eigenvalue weighted by Crippen LogP contribution is -2.39. The number of aliphatic hydroxyl groups excluding tert-OH is 1. The summed E-state index contributed by atoms with van der Waals surface area (Å²) >= 11 is 0. The van der Waals surface area contributed by atoms with Crippen LogP contribution in [-0.2, 0) is 4.74 Å².